The number of ketones is 1. The molecule has 1 N–H and O–H groups in total. The first kappa shape index (κ1) is 16.2. The number of rotatable bonds is 2. The van der Waals surface area contributed by atoms with E-state index < -0.39 is 11.5 Å². The average Bonchev–Trinajstić information content (AvgIpc) is 2.45. The minimum absolute atomic E-state index is 0.102. The Morgan fingerprint density at radius 2 is 1.92 bits per heavy atom. The quantitative estimate of drug-likeness (QED) is 0.918. The van der Waals surface area contributed by atoms with Gasteiger partial charge in [-0.05, 0) is 36.1 Å². The van der Waals surface area contributed by atoms with Gasteiger partial charge in [-0.15, -0.1) is 0 Å². The van der Waals surface area contributed by atoms with E-state index in [2.05, 4.69) is 5.32 Å². The van der Waals surface area contributed by atoms with E-state index in [0.29, 0.717) is 29.9 Å². The molecule has 1 aromatic heterocycles. The molecular formula is C19H19NO4. The van der Waals surface area contributed by atoms with Crippen LogP contribution in [0.25, 0.3) is 0 Å². The summed E-state index contributed by atoms with van der Waals surface area (Å²) in [6.07, 6.45) is 0.871. The molecule has 0 radical (unpaired) electrons. The highest BCUT2D eigenvalue weighted by Crippen LogP contribution is 2.34. The summed E-state index contributed by atoms with van der Waals surface area (Å²) in [4.78, 5) is 36.8. The summed E-state index contributed by atoms with van der Waals surface area (Å²) in [6.45, 7) is 5.81. The summed E-state index contributed by atoms with van der Waals surface area (Å²) in [7, 11) is 0. The van der Waals surface area contributed by atoms with Gasteiger partial charge in [0.2, 0.25) is 0 Å². The Labute approximate surface area is 139 Å². The first-order chi connectivity index (χ1) is 11.2. The van der Waals surface area contributed by atoms with E-state index in [0.717, 1.165) is 5.56 Å². The number of carbonyl (C=O) groups excluding carboxylic acids is 2. The molecule has 0 aliphatic heterocycles. The number of amides is 1. The molecular weight excluding hydrogens is 306 g/mol. The van der Waals surface area contributed by atoms with Gasteiger partial charge < -0.3 is 9.73 Å². The molecule has 1 amide bonds. The zero-order valence-corrected chi connectivity index (χ0v) is 13.9. The second kappa shape index (κ2) is 5.74. The number of fused-ring (bicyclic) bond motifs is 1. The van der Waals surface area contributed by atoms with E-state index in [9.17, 15) is 14.4 Å². The van der Waals surface area contributed by atoms with Gasteiger partial charge in [0.05, 0.1) is 5.56 Å². The maximum Gasteiger partial charge on any atom is 0.348 e. The molecule has 0 spiro atoms. The Morgan fingerprint density at radius 3 is 2.62 bits per heavy atom. The number of aryl methyl sites for hydroxylation is 1. The van der Waals surface area contributed by atoms with Gasteiger partial charge in [-0.3, -0.25) is 9.59 Å². The standard InChI is InChI=1S/C19H19NO4/c1-11-5-4-6-12(7-11)20-17(22)14-8-13-15(21)9-19(2,3)10-16(13)24-18(14)23/h4-8H,9-10H2,1-3H3,(H,20,22). The van der Waals surface area contributed by atoms with Crippen molar-refractivity contribution in [3.05, 3.63) is 63.2 Å². The molecule has 2 aromatic rings. The second-order valence-electron chi connectivity index (χ2n) is 7.05. The van der Waals surface area contributed by atoms with Crippen molar-refractivity contribution in [3.63, 3.8) is 0 Å². The van der Waals surface area contributed by atoms with Crippen molar-refractivity contribution >= 4 is 17.4 Å². The maximum absolute atomic E-state index is 12.4. The SMILES string of the molecule is Cc1cccc(NC(=O)c2cc3c(oc2=O)CC(C)(C)CC3=O)c1. The van der Waals surface area contributed by atoms with E-state index in [-0.39, 0.29) is 16.8 Å². The van der Waals surface area contributed by atoms with Crippen LogP contribution in [0.5, 0.6) is 0 Å². The van der Waals surface area contributed by atoms with Gasteiger partial charge in [0, 0.05) is 18.5 Å². The van der Waals surface area contributed by atoms with Crippen LogP contribution in [0, 0.1) is 12.3 Å². The molecule has 1 aliphatic carbocycles. The fraction of sp³-hybridized carbons (Fsp3) is 0.316. The van der Waals surface area contributed by atoms with Gasteiger partial charge in [-0.2, -0.15) is 0 Å². The van der Waals surface area contributed by atoms with Crippen molar-refractivity contribution in [1.82, 2.24) is 0 Å². The normalized spacial score (nSPS) is 15.7. The molecule has 124 valence electrons. The molecule has 0 fully saturated rings. The lowest BCUT2D eigenvalue weighted by molar-refractivity contribution is 0.0897. The van der Waals surface area contributed by atoms with Crippen LogP contribution in [0.3, 0.4) is 0 Å². The van der Waals surface area contributed by atoms with Crippen LogP contribution < -0.4 is 10.9 Å². The van der Waals surface area contributed by atoms with E-state index in [1.807, 2.05) is 32.9 Å². The minimum atomic E-state index is -0.718. The van der Waals surface area contributed by atoms with Crippen LogP contribution in [-0.2, 0) is 6.42 Å². The monoisotopic (exact) mass is 325 g/mol. The second-order valence-corrected chi connectivity index (χ2v) is 7.05. The van der Waals surface area contributed by atoms with Gasteiger partial charge >= 0.3 is 5.63 Å². The van der Waals surface area contributed by atoms with Crippen molar-refractivity contribution in [2.75, 3.05) is 5.32 Å². The molecule has 0 unspecified atom stereocenters. The molecule has 5 nitrogen and oxygen atoms in total. The number of benzene rings is 1. The van der Waals surface area contributed by atoms with Gasteiger partial charge in [0.25, 0.3) is 5.91 Å². The van der Waals surface area contributed by atoms with Crippen LogP contribution in [0.4, 0.5) is 5.69 Å². The van der Waals surface area contributed by atoms with Gasteiger partial charge in [-0.1, -0.05) is 26.0 Å². The third kappa shape index (κ3) is 3.15. The van der Waals surface area contributed by atoms with Gasteiger partial charge in [-0.25, -0.2) is 4.79 Å². The first-order valence-corrected chi connectivity index (χ1v) is 7.83. The van der Waals surface area contributed by atoms with Crippen LogP contribution in [0.15, 0.2) is 39.5 Å². The van der Waals surface area contributed by atoms with E-state index in [1.54, 1.807) is 12.1 Å². The van der Waals surface area contributed by atoms with Crippen LogP contribution in [0.2, 0.25) is 0 Å². The zero-order chi connectivity index (χ0) is 17.5. The molecule has 1 aromatic carbocycles. The maximum atomic E-state index is 12.4. The topological polar surface area (TPSA) is 76.4 Å². The van der Waals surface area contributed by atoms with Crippen LogP contribution in [0.1, 0.15) is 52.3 Å². The Bertz CT molecular complexity index is 892. The molecule has 0 saturated heterocycles. The minimum Gasteiger partial charge on any atom is -0.427 e. The molecule has 0 bridgehead atoms. The predicted octanol–water partition coefficient (Wildman–Crippen LogP) is 3.36. The molecule has 3 rings (SSSR count). The van der Waals surface area contributed by atoms with Crippen molar-refractivity contribution in [3.8, 4) is 0 Å². The van der Waals surface area contributed by atoms with Crippen molar-refractivity contribution < 1.29 is 14.0 Å². The third-order valence-corrected chi connectivity index (χ3v) is 4.12. The van der Waals surface area contributed by atoms with Crippen molar-refractivity contribution in [2.45, 2.75) is 33.6 Å². The smallest absolute Gasteiger partial charge is 0.348 e. The van der Waals surface area contributed by atoms with E-state index in [1.165, 1.54) is 6.07 Å². The highest BCUT2D eigenvalue weighted by molar-refractivity contribution is 6.06. The number of hydrogen-bond donors (Lipinski definition) is 1. The Hall–Kier alpha value is -2.69. The fourth-order valence-electron chi connectivity index (χ4n) is 2.98. The molecule has 5 heteroatoms. The zero-order valence-electron chi connectivity index (χ0n) is 13.9. The summed E-state index contributed by atoms with van der Waals surface area (Å²) in [5, 5.41) is 2.67. The van der Waals surface area contributed by atoms with Crippen LogP contribution >= 0.6 is 0 Å². The summed E-state index contributed by atoms with van der Waals surface area (Å²) in [5.41, 5.74) is 0.800. The number of carbonyl (C=O) groups is 2. The molecule has 1 aliphatic rings. The summed E-state index contributed by atoms with van der Waals surface area (Å²) >= 11 is 0. The molecule has 24 heavy (non-hydrogen) atoms. The lowest BCUT2D eigenvalue weighted by Crippen LogP contribution is -2.30. The number of anilines is 1. The van der Waals surface area contributed by atoms with E-state index in [4.69, 9.17) is 4.42 Å². The molecule has 0 atom stereocenters. The van der Waals surface area contributed by atoms with E-state index >= 15 is 0 Å². The largest absolute Gasteiger partial charge is 0.427 e. The third-order valence-electron chi connectivity index (χ3n) is 4.12. The summed E-state index contributed by atoms with van der Waals surface area (Å²) in [5.74, 6) is -0.308. The van der Waals surface area contributed by atoms with Crippen molar-refractivity contribution in [1.29, 1.82) is 0 Å². The lowest BCUT2D eigenvalue weighted by atomic mass is 9.76. The first-order valence-electron chi connectivity index (χ1n) is 7.83. The molecule has 1 heterocycles. The predicted molar refractivity (Wildman–Crippen MR) is 90.5 cm³/mol. The van der Waals surface area contributed by atoms with Crippen molar-refractivity contribution in [2.24, 2.45) is 5.41 Å². The summed E-state index contributed by atoms with van der Waals surface area (Å²) in [6, 6.07) is 8.61. The number of nitrogens with one attached hydrogen (secondary N) is 1. The average molecular weight is 325 g/mol. The Morgan fingerprint density at radius 1 is 1.17 bits per heavy atom. The number of hydrogen-bond acceptors (Lipinski definition) is 4. The number of Topliss-reactive ketones (excluding diaryl/α,β-unsaturated/α-hetero) is 1. The Kier molecular flexibility index (Phi) is 3.87. The Balaban J connectivity index is 1.95. The highest BCUT2D eigenvalue weighted by atomic mass is 16.4. The fourth-order valence-corrected chi connectivity index (χ4v) is 2.98. The lowest BCUT2D eigenvalue weighted by Gasteiger charge is -2.28. The van der Waals surface area contributed by atoms with Crippen LogP contribution in [-0.4, -0.2) is 11.7 Å². The van der Waals surface area contributed by atoms with Gasteiger partial charge in [0.15, 0.2) is 5.78 Å². The highest BCUT2D eigenvalue weighted by Gasteiger charge is 2.34. The van der Waals surface area contributed by atoms with Gasteiger partial charge in [0.1, 0.15) is 11.3 Å². The summed E-state index contributed by atoms with van der Waals surface area (Å²) < 4.78 is 5.28. The molecule has 0 saturated carbocycles.